The van der Waals surface area contributed by atoms with E-state index in [2.05, 4.69) is 26.2 Å². The van der Waals surface area contributed by atoms with Crippen LogP contribution in [0.1, 0.15) is 12.0 Å². The number of nitrogens with zero attached hydrogens (tertiary/aromatic N) is 1. The quantitative estimate of drug-likeness (QED) is 0.808. The summed E-state index contributed by atoms with van der Waals surface area (Å²) in [4.78, 5) is 15.9. The minimum atomic E-state index is -0.104. The van der Waals surface area contributed by atoms with E-state index in [1.807, 2.05) is 24.3 Å². The van der Waals surface area contributed by atoms with Crippen LogP contribution in [-0.2, 0) is 11.2 Å². The van der Waals surface area contributed by atoms with Crippen LogP contribution < -0.4 is 10.1 Å². The smallest absolute Gasteiger partial charge is 0.224 e. The third-order valence-electron chi connectivity index (χ3n) is 2.88. The van der Waals surface area contributed by atoms with Gasteiger partial charge in [-0.3, -0.25) is 4.79 Å². The van der Waals surface area contributed by atoms with E-state index in [1.165, 1.54) is 0 Å². The fraction of sp³-hybridized carbons (Fsp3) is 0.200. The Kier molecular flexibility index (Phi) is 5.59. The lowest BCUT2D eigenvalue weighted by Gasteiger charge is -2.07. The van der Waals surface area contributed by atoms with Gasteiger partial charge in [0.1, 0.15) is 5.75 Å². The molecule has 1 heterocycles. The van der Waals surface area contributed by atoms with Crippen molar-refractivity contribution in [2.75, 3.05) is 12.4 Å². The molecule has 2 aromatic rings. The van der Waals surface area contributed by atoms with Gasteiger partial charge >= 0.3 is 0 Å². The molecule has 1 amide bonds. The van der Waals surface area contributed by atoms with Crippen LogP contribution >= 0.6 is 27.5 Å². The van der Waals surface area contributed by atoms with E-state index in [1.54, 1.807) is 19.4 Å². The number of hydrogen-bond acceptors (Lipinski definition) is 3. The fourth-order valence-electron chi connectivity index (χ4n) is 1.77. The Morgan fingerprint density at radius 2 is 2.10 bits per heavy atom. The lowest BCUT2D eigenvalue weighted by molar-refractivity contribution is -0.116. The molecule has 0 saturated carbocycles. The van der Waals surface area contributed by atoms with Crippen molar-refractivity contribution in [2.45, 2.75) is 12.8 Å². The summed E-state index contributed by atoms with van der Waals surface area (Å²) in [6.45, 7) is 0. The first kappa shape index (κ1) is 15.8. The first-order valence-corrected chi connectivity index (χ1v) is 7.49. The minimum absolute atomic E-state index is 0.104. The molecular formula is C15H14BrClN2O2. The van der Waals surface area contributed by atoms with Crippen molar-refractivity contribution in [2.24, 2.45) is 0 Å². The molecule has 110 valence electrons. The molecule has 2 rings (SSSR count). The van der Waals surface area contributed by atoms with Crippen molar-refractivity contribution < 1.29 is 9.53 Å². The van der Waals surface area contributed by atoms with Gasteiger partial charge in [-0.15, -0.1) is 0 Å². The maximum absolute atomic E-state index is 11.9. The normalized spacial score (nSPS) is 10.2. The van der Waals surface area contributed by atoms with Crippen molar-refractivity contribution in [3.8, 4) is 5.75 Å². The number of hydrogen-bond donors (Lipinski definition) is 1. The number of pyridine rings is 1. The number of methoxy groups -OCH3 is 1. The highest BCUT2D eigenvalue weighted by molar-refractivity contribution is 9.10. The highest BCUT2D eigenvalue weighted by Gasteiger charge is 2.08. The maximum atomic E-state index is 11.9. The Hall–Kier alpha value is -1.59. The summed E-state index contributed by atoms with van der Waals surface area (Å²) >= 11 is 9.22. The van der Waals surface area contributed by atoms with Crippen LogP contribution in [0.15, 0.2) is 41.0 Å². The van der Waals surface area contributed by atoms with Gasteiger partial charge in [-0.2, -0.15) is 0 Å². The molecule has 21 heavy (non-hydrogen) atoms. The molecule has 1 aromatic carbocycles. The van der Waals surface area contributed by atoms with Crippen LogP contribution in [0.25, 0.3) is 0 Å². The number of carbonyl (C=O) groups is 1. The number of rotatable bonds is 5. The maximum Gasteiger partial charge on any atom is 0.224 e. The molecule has 0 spiro atoms. The zero-order valence-electron chi connectivity index (χ0n) is 11.4. The lowest BCUT2D eigenvalue weighted by atomic mass is 10.1. The van der Waals surface area contributed by atoms with Crippen molar-refractivity contribution in [1.29, 1.82) is 0 Å². The summed E-state index contributed by atoms with van der Waals surface area (Å²) in [5.41, 5.74) is 1.58. The Balaban J connectivity index is 1.91. The molecule has 0 radical (unpaired) electrons. The van der Waals surface area contributed by atoms with Crippen molar-refractivity contribution in [1.82, 2.24) is 4.98 Å². The van der Waals surface area contributed by atoms with E-state index in [0.717, 1.165) is 15.8 Å². The van der Waals surface area contributed by atoms with E-state index < -0.39 is 0 Å². The lowest BCUT2D eigenvalue weighted by Crippen LogP contribution is -2.13. The number of aromatic nitrogens is 1. The minimum Gasteiger partial charge on any atom is -0.497 e. The molecule has 0 atom stereocenters. The summed E-state index contributed by atoms with van der Waals surface area (Å²) < 4.78 is 5.85. The van der Waals surface area contributed by atoms with Gasteiger partial charge in [0, 0.05) is 17.1 Å². The van der Waals surface area contributed by atoms with Gasteiger partial charge in [-0.05, 0) is 46.1 Å². The van der Waals surface area contributed by atoms with Gasteiger partial charge in [-0.25, -0.2) is 4.98 Å². The second kappa shape index (κ2) is 7.43. The average molecular weight is 370 g/mol. The van der Waals surface area contributed by atoms with Gasteiger partial charge in [-0.1, -0.05) is 23.7 Å². The van der Waals surface area contributed by atoms with Crippen molar-refractivity contribution >= 4 is 39.1 Å². The second-order valence-corrected chi connectivity index (χ2v) is 5.66. The number of benzene rings is 1. The molecule has 0 bridgehead atoms. The Bertz CT molecular complexity index is 632. The molecule has 0 fully saturated rings. The topological polar surface area (TPSA) is 51.2 Å². The Morgan fingerprint density at radius 1 is 1.38 bits per heavy atom. The first-order valence-electron chi connectivity index (χ1n) is 6.32. The number of nitrogens with one attached hydrogen (secondary N) is 1. The molecular weight excluding hydrogens is 356 g/mol. The number of ether oxygens (including phenoxy) is 1. The molecule has 0 aliphatic carbocycles. The van der Waals surface area contributed by atoms with Crippen LogP contribution in [0.5, 0.6) is 5.75 Å². The van der Waals surface area contributed by atoms with Crippen LogP contribution in [0, 0.1) is 0 Å². The predicted molar refractivity (Wildman–Crippen MR) is 86.9 cm³/mol. The van der Waals surface area contributed by atoms with Crippen LogP contribution in [0.4, 0.5) is 5.69 Å². The van der Waals surface area contributed by atoms with Gasteiger partial charge in [0.05, 0.1) is 12.8 Å². The third kappa shape index (κ3) is 4.72. The van der Waals surface area contributed by atoms with Gasteiger partial charge in [0.25, 0.3) is 0 Å². The number of carbonyl (C=O) groups excluding carboxylic acids is 1. The van der Waals surface area contributed by atoms with Crippen LogP contribution in [0.2, 0.25) is 5.15 Å². The predicted octanol–water partition coefficient (Wildman–Crippen LogP) is 4.08. The van der Waals surface area contributed by atoms with Gasteiger partial charge in [0.2, 0.25) is 5.91 Å². The summed E-state index contributed by atoms with van der Waals surface area (Å²) in [7, 11) is 1.62. The number of anilines is 1. The second-order valence-electron chi connectivity index (χ2n) is 4.39. The van der Waals surface area contributed by atoms with E-state index in [9.17, 15) is 4.79 Å². The summed E-state index contributed by atoms with van der Waals surface area (Å²) in [5, 5.41) is 3.03. The van der Waals surface area contributed by atoms with E-state index in [4.69, 9.17) is 16.3 Å². The standard InChI is InChI=1S/C15H14BrClN2O2/c1-21-12-5-2-10(3-6-12)4-7-14(20)19-13-8-11(16)9-18-15(13)17/h2-3,5-6,8-9H,4,7H2,1H3,(H,19,20). The first-order chi connectivity index (χ1) is 10.1. The molecule has 0 unspecified atom stereocenters. The summed E-state index contributed by atoms with van der Waals surface area (Å²) in [5.74, 6) is 0.697. The van der Waals surface area contributed by atoms with E-state index in [-0.39, 0.29) is 11.1 Å². The number of aryl methyl sites for hydroxylation is 1. The molecule has 0 aliphatic heterocycles. The monoisotopic (exact) mass is 368 g/mol. The third-order valence-corrected chi connectivity index (χ3v) is 3.61. The molecule has 4 nitrogen and oxygen atoms in total. The Labute approximate surface area is 136 Å². The van der Waals surface area contributed by atoms with E-state index in [0.29, 0.717) is 18.5 Å². The zero-order valence-corrected chi connectivity index (χ0v) is 13.7. The Morgan fingerprint density at radius 3 is 2.76 bits per heavy atom. The van der Waals surface area contributed by atoms with Gasteiger partial charge < -0.3 is 10.1 Å². The molecule has 6 heteroatoms. The van der Waals surface area contributed by atoms with E-state index >= 15 is 0 Å². The SMILES string of the molecule is COc1ccc(CCC(=O)Nc2cc(Br)cnc2Cl)cc1. The highest BCUT2D eigenvalue weighted by Crippen LogP contribution is 2.23. The van der Waals surface area contributed by atoms with Crippen molar-refractivity contribution in [3.05, 3.63) is 51.7 Å². The van der Waals surface area contributed by atoms with Gasteiger partial charge in [0.15, 0.2) is 5.15 Å². The molecule has 0 saturated heterocycles. The summed E-state index contributed by atoms with van der Waals surface area (Å²) in [6.07, 6.45) is 2.60. The molecule has 1 aromatic heterocycles. The molecule has 0 aliphatic rings. The van der Waals surface area contributed by atoms with Crippen LogP contribution in [0.3, 0.4) is 0 Å². The largest absolute Gasteiger partial charge is 0.497 e. The fourth-order valence-corrected chi connectivity index (χ4v) is 2.25. The molecule has 1 N–H and O–H groups in total. The zero-order chi connectivity index (χ0) is 15.2. The number of halogens is 2. The summed E-state index contributed by atoms with van der Waals surface area (Å²) in [6, 6.07) is 9.37. The average Bonchev–Trinajstić information content (AvgIpc) is 2.49. The van der Waals surface area contributed by atoms with Crippen molar-refractivity contribution in [3.63, 3.8) is 0 Å². The van der Waals surface area contributed by atoms with Crippen LogP contribution in [-0.4, -0.2) is 18.0 Å². The number of amides is 1. The highest BCUT2D eigenvalue weighted by atomic mass is 79.9.